The molecule has 1 amide bonds. The second-order valence-electron chi connectivity index (χ2n) is 4.01. The first-order valence-electron chi connectivity index (χ1n) is 5.57. The highest BCUT2D eigenvalue weighted by atomic mass is 79.9. The zero-order valence-electron chi connectivity index (χ0n) is 10.4. The number of aryl methyl sites for hydroxylation is 1. The fourth-order valence-corrected chi connectivity index (χ4v) is 1.83. The first-order chi connectivity index (χ1) is 9.45. The smallest absolute Gasteiger partial charge is 0.390 e. The number of amides is 1. The summed E-state index contributed by atoms with van der Waals surface area (Å²) in [4.78, 5) is 25.2. The fourth-order valence-electron chi connectivity index (χ4n) is 1.46. The topological polar surface area (TPSA) is 103 Å². The van der Waals surface area contributed by atoms with Gasteiger partial charge < -0.3 is 15.4 Å². The van der Waals surface area contributed by atoms with Gasteiger partial charge in [0, 0.05) is 26.7 Å². The largest absolute Gasteiger partial charge is 0.492 e. The zero-order chi connectivity index (χ0) is 14.7. The number of nitrogens with one attached hydrogen (secondary N) is 1. The molecule has 0 saturated carbocycles. The van der Waals surface area contributed by atoms with Gasteiger partial charge in [0.1, 0.15) is 6.54 Å². The molecule has 9 heteroatoms. The Labute approximate surface area is 122 Å². The molecule has 0 unspecified atom stereocenters. The van der Waals surface area contributed by atoms with Crippen LogP contribution in [0.25, 0.3) is 0 Å². The van der Waals surface area contributed by atoms with Crippen LogP contribution in [0.1, 0.15) is 5.56 Å². The Kier molecular flexibility index (Phi) is 4.08. The third-order valence-electron chi connectivity index (χ3n) is 2.41. The molecular formula is C11H10BrN5O3. The summed E-state index contributed by atoms with van der Waals surface area (Å²) in [6.07, 6.45) is 0. The van der Waals surface area contributed by atoms with E-state index in [1.165, 1.54) is 0 Å². The number of benzene rings is 1. The van der Waals surface area contributed by atoms with E-state index in [4.69, 9.17) is 0 Å². The van der Waals surface area contributed by atoms with Crippen molar-refractivity contribution in [3.8, 4) is 0 Å². The van der Waals surface area contributed by atoms with Crippen molar-refractivity contribution in [2.75, 3.05) is 5.32 Å². The van der Waals surface area contributed by atoms with E-state index >= 15 is 0 Å². The summed E-state index contributed by atoms with van der Waals surface area (Å²) in [5, 5.41) is 16.8. The SMILES string of the molecule is Cc1ccc(NC(=O)Cn2nc([N+](=O)[O-])nc2Br)cc1. The van der Waals surface area contributed by atoms with E-state index in [-0.39, 0.29) is 17.2 Å². The monoisotopic (exact) mass is 339 g/mol. The number of nitro groups is 1. The normalized spacial score (nSPS) is 10.3. The van der Waals surface area contributed by atoms with Crippen molar-refractivity contribution in [2.24, 2.45) is 0 Å². The van der Waals surface area contributed by atoms with Crippen molar-refractivity contribution in [3.05, 3.63) is 44.7 Å². The number of aromatic nitrogens is 3. The third kappa shape index (κ3) is 3.38. The Morgan fingerprint density at radius 2 is 2.10 bits per heavy atom. The maximum atomic E-state index is 11.8. The minimum Gasteiger partial charge on any atom is -0.390 e. The van der Waals surface area contributed by atoms with Crippen LogP contribution in [-0.2, 0) is 11.3 Å². The highest BCUT2D eigenvalue weighted by Crippen LogP contribution is 2.13. The van der Waals surface area contributed by atoms with E-state index in [0.29, 0.717) is 5.69 Å². The van der Waals surface area contributed by atoms with Crippen molar-refractivity contribution >= 4 is 33.5 Å². The first-order valence-corrected chi connectivity index (χ1v) is 6.36. The van der Waals surface area contributed by atoms with Gasteiger partial charge in [-0.2, -0.15) is 4.68 Å². The Hall–Kier alpha value is -2.29. The molecule has 0 radical (unpaired) electrons. The molecule has 20 heavy (non-hydrogen) atoms. The average Bonchev–Trinajstić information content (AvgIpc) is 2.74. The van der Waals surface area contributed by atoms with Gasteiger partial charge in [-0.3, -0.25) is 4.79 Å². The van der Waals surface area contributed by atoms with Crippen LogP contribution in [0.15, 0.2) is 29.0 Å². The number of nitrogens with zero attached hydrogens (tertiary/aromatic N) is 4. The van der Waals surface area contributed by atoms with Gasteiger partial charge in [0.2, 0.25) is 5.91 Å². The molecule has 8 nitrogen and oxygen atoms in total. The maximum Gasteiger partial charge on any atom is 0.492 e. The van der Waals surface area contributed by atoms with Crippen molar-refractivity contribution in [1.82, 2.24) is 14.8 Å². The molecule has 0 bridgehead atoms. The molecule has 0 aliphatic rings. The lowest BCUT2D eigenvalue weighted by molar-refractivity contribution is -0.394. The molecule has 2 aromatic rings. The van der Waals surface area contributed by atoms with Crippen LogP contribution >= 0.6 is 15.9 Å². The summed E-state index contributed by atoms with van der Waals surface area (Å²) in [5.74, 6) is -0.908. The average molecular weight is 340 g/mol. The Morgan fingerprint density at radius 1 is 1.45 bits per heavy atom. The predicted molar refractivity (Wildman–Crippen MR) is 74.2 cm³/mol. The molecule has 1 aromatic carbocycles. The first kappa shape index (κ1) is 14.1. The van der Waals surface area contributed by atoms with Gasteiger partial charge >= 0.3 is 5.95 Å². The maximum absolute atomic E-state index is 11.8. The molecular weight excluding hydrogens is 330 g/mol. The number of carbonyl (C=O) groups is 1. The molecule has 1 N–H and O–H groups in total. The van der Waals surface area contributed by atoms with Gasteiger partial charge in [-0.05, 0) is 29.0 Å². The second-order valence-corrected chi connectivity index (χ2v) is 4.72. The van der Waals surface area contributed by atoms with Crippen molar-refractivity contribution in [2.45, 2.75) is 13.5 Å². The lowest BCUT2D eigenvalue weighted by Crippen LogP contribution is -2.19. The van der Waals surface area contributed by atoms with E-state index in [2.05, 4.69) is 31.3 Å². The van der Waals surface area contributed by atoms with Gasteiger partial charge in [-0.15, -0.1) is 0 Å². The third-order valence-corrected chi connectivity index (χ3v) is 2.99. The lowest BCUT2D eigenvalue weighted by Gasteiger charge is -2.04. The molecule has 0 spiro atoms. The van der Waals surface area contributed by atoms with Crippen LogP contribution in [0, 0.1) is 17.0 Å². The van der Waals surface area contributed by atoms with Gasteiger partial charge in [-0.25, -0.2) is 0 Å². The molecule has 1 heterocycles. The van der Waals surface area contributed by atoms with E-state index in [1.807, 2.05) is 19.1 Å². The number of hydrogen-bond donors (Lipinski definition) is 1. The second kappa shape index (κ2) is 5.78. The Bertz CT molecular complexity index is 653. The minimum absolute atomic E-state index is 0.128. The summed E-state index contributed by atoms with van der Waals surface area (Å²) in [6.45, 7) is 1.77. The van der Waals surface area contributed by atoms with Crippen molar-refractivity contribution in [1.29, 1.82) is 0 Å². The molecule has 0 aliphatic carbocycles. The van der Waals surface area contributed by atoms with Crippen LogP contribution in [-0.4, -0.2) is 25.6 Å². The quantitative estimate of drug-likeness (QED) is 0.676. The minimum atomic E-state index is -0.723. The number of rotatable bonds is 4. The van der Waals surface area contributed by atoms with E-state index in [9.17, 15) is 14.9 Å². The van der Waals surface area contributed by atoms with E-state index in [0.717, 1.165) is 10.2 Å². The molecule has 104 valence electrons. The summed E-state index contributed by atoms with van der Waals surface area (Å²) in [6, 6.07) is 7.27. The predicted octanol–water partition coefficient (Wildman–Crippen LogP) is 1.90. The molecule has 2 rings (SSSR count). The molecule has 0 aliphatic heterocycles. The summed E-state index contributed by atoms with van der Waals surface area (Å²) in [5.41, 5.74) is 1.73. The highest BCUT2D eigenvalue weighted by molar-refractivity contribution is 9.10. The number of hydrogen-bond acceptors (Lipinski definition) is 5. The molecule has 1 aromatic heterocycles. The van der Waals surface area contributed by atoms with Crippen LogP contribution < -0.4 is 5.32 Å². The van der Waals surface area contributed by atoms with Gasteiger partial charge in [0.15, 0.2) is 0 Å². The number of anilines is 1. The van der Waals surface area contributed by atoms with E-state index in [1.54, 1.807) is 12.1 Å². The fraction of sp³-hybridized carbons (Fsp3) is 0.182. The van der Waals surface area contributed by atoms with Crippen LogP contribution in [0.5, 0.6) is 0 Å². The van der Waals surface area contributed by atoms with Crippen LogP contribution in [0.3, 0.4) is 0 Å². The van der Waals surface area contributed by atoms with Gasteiger partial charge in [0.25, 0.3) is 4.73 Å². The van der Waals surface area contributed by atoms with Crippen molar-refractivity contribution < 1.29 is 9.72 Å². The zero-order valence-corrected chi connectivity index (χ0v) is 12.0. The van der Waals surface area contributed by atoms with Crippen LogP contribution in [0.2, 0.25) is 0 Å². The summed E-state index contributed by atoms with van der Waals surface area (Å²) >= 11 is 3.01. The Balaban J connectivity index is 2.04. The number of halogens is 1. The summed E-state index contributed by atoms with van der Waals surface area (Å²) < 4.78 is 1.24. The molecule has 0 saturated heterocycles. The van der Waals surface area contributed by atoms with Gasteiger partial charge in [-0.1, -0.05) is 17.7 Å². The number of carbonyl (C=O) groups excluding carboxylic acids is 1. The van der Waals surface area contributed by atoms with Gasteiger partial charge in [0.05, 0.1) is 0 Å². The van der Waals surface area contributed by atoms with E-state index < -0.39 is 10.9 Å². The standard InChI is InChI=1S/C11H10BrN5O3/c1-7-2-4-8(5-3-7)13-9(18)6-16-10(12)14-11(15-16)17(19)20/h2-5H,6H2,1H3,(H,13,18). The highest BCUT2D eigenvalue weighted by Gasteiger charge is 2.21. The molecule has 0 fully saturated rings. The Morgan fingerprint density at radius 3 is 2.65 bits per heavy atom. The summed E-state index contributed by atoms with van der Waals surface area (Å²) in [7, 11) is 0. The van der Waals surface area contributed by atoms with Crippen LogP contribution in [0.4, 0.5) is 11.6 Å². The molecule has 0 atom stereocenters. The lowest BCUT2D eigenvalue weighted by atomic mass is 10.2. The van der Waals surface area contributed by atoms with Crippen molar-refractivity contribution in [3.63, 3.8) is 0 Å².